The number of rotatable bonds is 4. The Labute approximate surface area is 197 Å². The molecule has 0 saturated carbocycles. The minimum atomic E-state index is -1.32. The van der Waals surface area contributed by atoms with Gasteiger partial charge >= 0.3 is 11.9 Å². The number of aromatic hydroxyl groups is 1. The third kappa shape index (κ3) is 3.84. The van der Waals surface area contributed by atoms with E-state index in [0.29, 0.717) is 21.9 Å². The molecule has 2 heterocycles. The van der Waals surface area contributed by atoms with Gasteiger partial charge in [0.1, 0.15) is 17.3 Å². The van der Waals surface area contributed by atoms with Crippen molar-refractivity contribution in [3.05, 3.63) is 82.6 Å². The maximum atomic E-state index is 12.6. The first-order chi connectivity index (χ1) is 16.7. The van der Waals surface area contributed by atoms with Crippen LogP contribution in [0, 0.1) is 5.92 Å². The molecule has 0 bridgehead atoms. The number of carboxylic acids is 1. The fourth-order valence-corrected chi connectivity index (χ4v) is 4.43. The van der Waals surface area contributed by atoms with E-state index in [4.69, 9.17) is 9.57 Å². The van der Waals surface area contributed by atoms with Crippen LogP contribution in [-0.2, 0) is 19.2 Å². The van der Waals surface area contributed by atoms with Crippen LogP contribution in [0.5, 0.6) is 11.5 Å². The minimum Gasteiger partial charge on any atom is -0.508 e. The number of phenols is 1. The summed E-state index contributed by atoms with van der Waals surface area (Å²) >= 11 is 0. The van der Waals surface area contributed by atoms with E-state index in [1.165, 1.54) is 36.4 Å². The molecule has 35 heavy (non-hydrogen) atoms. The van der Waals surface area contributed by atoms with Crippen LogP contribution in [-0.4, -0.2) is 44.8 Å². The van der Waals surface area contributed by atoms with Gasteiger partial charge in [-0.2, -0.15) is 0 Å². The molecule has 0 radical (unpaired) electrons. The highest BCUT2D eigenvalue weighted by atomic mass is 16.7. The number of hydroxylamine groups is 2. The first kappa shape index (κ1) is 22.1. The lowest BCUT2D eigenvalue weighted by atomic mass is 9.74. The number of ketones is 1. The number of fused-ring (bicyclic) bond motifs is 2. The Morgan fingerprint density at radius 3 is 2.43 bits per heavy atom. The Balaban J connectivity index is 1.58. The number of carboxylic acid groups (broad SMARTS) is 1. The number of phenolic OH excluding ortho intramolecular Hbond substituents is 1. The molecule has 2 aliphatic heterocycles. The van der Waals surface area contributed by atoms with Crippen LogP contribution in [0.2, 0.25) is 0 Å². The Hall–Kier alpha value is -4.73. The van der Waals surface area contributed by atoms with Gasteiger partial charge < -0.3 is 19.8 Å². The van der Waals surface area contributed by atoms with Gasteiger partial charge in [-0.3, -0.25) is 14.4 Å². The average Bonchev–Trinajstić information content (AvgIpc) is 3.14. The normalized spacial score (nSPS) is 20.6. The van der Waals surface area contributed by atoms with Crippen LogP contribution in [0.4, 0.5) is 0 Å². The van der Waals surface area contributed by atoms with E-state index in [-0.39, 0.29) is 41.3 Å². The zero-order valence-corrected chi connectivity index (χ0v) is 18.0. The summed E-state index contributed by atoms with van der Waals surface area (Å²) in [5, 5.41) is 20.3. The molecule has 10 nitrogen and oxygen atoms in total. The predicted octanol–water partition coefficient (Wildman–Crippen LogP) is 2.47. The van der Waals surface area contributed by atoms with Gasteiger partial charge in [-0.15, -0.1) is 5.06 Å². The number of ether oxygens (including phenoxy) is 1. The van der Waals surface area contributed by atoms with Crippen LogP contribution in [0.3, 0.4) is 0 Å². The topological polar surface area (TPSA) is 148 Å². The molecule has 2 amide bonds. The number of benzene rings is 2. The summed E-state index contributed by atoms with van der Waals surface area (Å²) in [7, 11) is 0. The smallest absolute Gasteiger partial charge is 0.363 e. The molecular weight excluding hydrogens is 458 g/mol. The third-order valence-corrected chi connectivity index (χ3v) is 6.03. The van der Waals surface area contributed by atoms with Crippen molar-refractivity contribution >= 4 is 29.5 Å². The fraction of sp³-hybridized carbons (Fsp3) is 0.160. The van der Waals surface area contributed by atoms with E-state index in [0.717, 1.165) is 6.07 Å². The molecule has 1 fully saturated rings. The van der Waals surface area contributed by atoms with E-state index >= 15 is 0 Å². The van der Waals surface area contributed by atoms with Gasteiger partial charge in [-0.05, 0) is 29.8 Å². The van der Waals surface area contributed by atoms with Crippen LogP contribution in [0.1, 0.15) is 50.6 Å². The second-order valence-electron chi connectivity index (χ2n) is 8.20. The van der Waals surface area contributed by atoms with Gasteiger partial charge in [-0.1, -0.05) is 18.2 Å². The molecule has 2 aromatic rings. The van der Waals surface area contributed by atoms with Crippen LogP contribution in [0.15, 0.2) is 60.4 Å². The van der Waals surface area contributed by atoms with Gasteiger partial charge in [0.2, 0.25) is 0 Å². The molecule has 3 aliphatic rings. The van der Waals surface area contributed by atoms with E-state index in [1.807, 2.05) is 0 Å². The Bertz CT molecular complexity index is 1370. The maximum Gasteiger partial charge on any atom is 0.363 e. The number of allylic oxidation sites excluding steroid dienone is 3. The van der Waals surface area contributed by atoms with Crippen LogP contribution < -0.4 is 4.74 Å². The van der Waals surface area contributed by atoms with E-state index in [9.17, 15) is 34.2 Å². The summed E-state index contributed by atoms with van der Waals surface area (Å²) in [6.45, 7) is 0. The van der Waals surface area contributed by atoms with Gasteiger partial charge in [-0.25, -0.2) is 9.59 Å². The van der Waals surface area contributed by atoms with Crippen molar-refractivity contribution in [2.75, 3.05) is 0 Å². The minimum absolute atomic E-state index is 0.0678. The molecule has 2 atom stereocenters. The van der Waals surface area contributed by atoms with Crippen molar-refractivity contribution in [3.8, 4) is 11.5 Å². The molecule has 1 aliphatic carbocycles. The lowest BCUT2D eigenvalue weighted by Crippen LogP contribution is -2.32. The quantitative estimate of drug-likeness (QED) is 0.636. The van der Waals surface area contributed by atoms with Gasteiger partial charge in [0.05, 0.1) is 11.1 Å². The summed E-state index contributed by atoms with van der Waals surface area (Å²) in [6.07, 6.45) is 4.15. The van der Waals surface area contributed by atoms with E-state index in [1.54, 1.807) is 12.1 Å². The van der Waals surface area contributed by atoms with Crippen molar-refractivity contribution in [2.45, 2.75) is 18.8 Å². The van der Waals surface area contributed by atoms with Crippen molar-refractivity contribution in [2.24, 2.45) is 5.92 Å². The molecule has 2 aromatic carbocycles. The van der Waals surface area contributed by atoms with Crippen molar-refractivity contribution in [3.63, 3.8) is 0 Å². The van der Waals surface area contributed by atoms with Gasteiger partial charge in [0, 0.05) is 42.4 Å². The number of aromatic carboxylic acids is 1. The fourth-order valence-electron chi connectivity index (χ4n) is 4.43. The number of hydrogen-bond acceptors (Lipinski definition) is 8. The van der Waals surface area contributed by atoms with Crippen LogP contribution >= 0.6 is 0 Å². The number of amides is 2. The Kier molecular flexibility index (Phi) is 5.20. The summed E-state index contributed by atoms with van der Waals surface area (Å²) in [4.78, 5) is 65.2. The lowest BCUT2D eigenvalue weighted by molar-refractivity contribution is -0.172. The summed E-state index contributed by atoms with van der Waals surface area (Å²) in [5.74, 6) is -4.61. The van der Waals surface area contributed by atoms with Crippen molar-refractivity contribution in [1.29, 1.82) is 0 Å². The molecule has 1 saturated heterocycles. The van der Waals surface area contributed by atoms with E-state index < -0.39 is 35.6 Å². The average molecular weight is 475 g/mol. The van der Waals surface area contributed by atoms with Crippen molar-refractivity contribution in [1.82, 2.24) is 5.06 Å². The molecule has 2 N–H and O–H groups in total. The first-order valence-corrected chi connectivity index (χ1v) is 10.6. The second-order valence-corrected chi connectivity index (χ2v) is 8.20. The molecule has 2 unspecified atom stereocenters. The molecule has 176 valence electrons. The summed E-state index contributed by atoms with van der Waals surface area (Å²) in [5.41, 5.74) is 0.526. The first-order valence-electron chi connectivity index (χ1n) is 10.6. The zero-order valence-electron chi connectivity index (χ0n) is 18.0. The molecule has 0 aromatic heterocycles. The molecule has 5 rings (SSSR count). The highest BCUT2D eigenvalue weighted by Crippen LogP contribution is 2.49. The molecule has 10 heteroatoms. The predicted molar refractivity (Wildman–Crippen MR) is 116 cm³/mol. The lowest BCUT2D eigenvalue weighted by Gasteiger charge is -2.35. The number of nitrogens with zero attached hydrogens (tertiary/aromatic N) is 1. The molecule has 0 spiro atoms. The second kappa shape index (κ2) is 8.24. The summed E-state index contributed by atoms with van der Waals surface area (Å²) in [6, 6.07) is 8.32. The Morgan fingerprint density at radius 2 is 1.71 bits per heavy atom. The van der Waals surface area contributed by atoms with Gasteiger partial charge in [0.15, 0.2) is 5.78 Å². The number of carbonyl (C=O) groups excluding carboxylic acids is 4. The highest BCUT2D eigenvalue weighted by Gasteiger charge is 2.39. The SMILES string of the molecule is O=C1C=CC2C(=C1)Oc1cc(O)ccc1C2c1ccc(C(=O)ON2C(=O)CCC2=O)cc1C(=O)O. The maximum absolute atomic E-state index is 12.6. The number of carbonyl (C=O) groups is 5. The standard InChI is InChI=1S/C25H17NO9/c27-13-2-5-16-19(10-13)34-20-11-14(28)3-6-17(20)23(16)15-4-1-12(9-18(15)24(31)32)25(33)35-26-21(29)7-8-22(26)30/h1-6,9-11,16,23,28H,7-8H2,(H,31,32). The van der Waals surface area contributed by atoms with Gasteiger partial charge in [0.25, 0.3) is 11.8 Å². The highest BCUT2D eigenvalue weighted by molar-refractivity contribution is 6.03. The Morgan fingerprint density at radius 1 is 1.00 bits per heavy atom. The zero-order chi connectivity index (χ0) is 24.9. The largest absolute Gasteiger partial charge is 0.508 e. The van der Waals surface area contributed by atoms with E-state index in [2.05, 4.69) is 0 Å². The number of hydrogen-bond donors (Lipinski definition) is 2. The third-order valence-electron chi connectivity index (χ3n) is 6.03. The monoisotopic (exact) mass is 475 g/mol. The van der Waals surface area contributed by atoms with Crippen LogP contribution in [0.25, 0.3) is 0 Å². The summed E-state index contributed by atoms with van der Waals surface area (Å²) < 4.78 is 5.83. The van der Waals surface area contributed by atoms with Crippen molar-refractivity contribution < 1.29 is 43.8 Å². The molecular formula is C25H17NO9. The number of imide groups is 1.